The third-order valence-corrected chi connectivity index (χ3v) is 0.827. The zero-order chi connectivity index (χ0) is 6.24. The lowest BCUT2D eigenvalue weighted by atomic mass is 10.3. The van der Waals surface area contributed by atoms with Gasteiger partial charge in [-0.15, -0.1) is 0 Å². The molecule has 1 nitrogen and oxygen atoms in total. The Morgan fingerprint density at radius 3 is 2.75 bits per heavy atom. The number of allylic oxidation sites excluding steroid dienone is 2. The summed E-state index contributed by atoms with van der Waals surface area (Å²) >= 11 is 0. The maximum atomic E-state index is 3.80. The maximum absolute atomic E-state index is 3.80. The predicted octanol–water partition coefficient (Wildman–Crippen LogP) is 2.04. The first-order valence-corrected chi connectivity index (χ1v) is 2.99. The van der Waals surface area contributed by atoms with Gasteiger partial charge in [-0.3, -0.25) is 4.99 Å². The summed E-state index contributed by atoms with van der Waals surface area (Å²) in [6.07, 6.45) is 8.27. The monoisotopic (exact) mass is 111 g/mol. The maximum Gasteiger partial charge on any atom is 0.0277 e. The third-order valence-electron chi connectivity index (χ3n) is 0.827. The molecule has 0 radical (unpaired) electrons. The first kappa shape index (κ1) is 7.41. The van der Waals surface area contributed by atoms with Crippen LogP contribution in [0, 0.1) is 0 Å². The molecule has 0 heterocycles. The molecule has 0 aromatic heterocycles. The van der Waals surface area contributed by atoms with Gasteiger partial charge >= 0.3 is 0 Å². The van der Waals surface area contributed by atoms with Crippen LogP contribution in [0.5, 0.6) is 0 Å². The second-order valence-corrected chi connectivity index (χ2v) is 1.62. The summed E-state index contributed by atoms with van der Waals surface area (Å²) in [6.45, 7) is 2.16. The fraction of sp³-hybridized carbons (Fsp3) is 0.571. The molecule has 0 aliphatic heterocycles. The molecule has 0 atom stereocenters. The van der Waals surface area contributed by atoms with Crippen molar-refractivity contribution in [3.63, 3.8) is 0 Å². The van der Waals surface area contributed by atoms with Crippen LogP contribution in [-0.4, -0.2) is 13.3 Å². The van der Waals surface area contributed by atoms with E-state index in [1.54, 1.807) is 13.3 Å². The quantitative estimate of drug-likeness (QED) is 0.494. The first-order chi connectivity index (χ1) is 3.91. The number of hydrogen-bond acceptors (Lipinski definition) is 1. The third kappa shape index (κ3) is 5.41. The van der Waals surface area contributed by atoms with E-state index in [9.17, 15) is 0 Å². The van der Waals surface area contributed by atoms with Gasteiger partial charge in [0.1, 0.15) is 0 Å². The van der Waals surface area contributed by atoms with Crippen LogP contribution in [0.15, 0.2) is 17.1 Å². The molecule has 0 aromatic carbocycles. The fourth-order valence-corrected chi connectivity index (χ4v) is 0.410. The highest BCUT2D eigenvalue weighted by Crippen LogP contribution is 1.85. The summed E-state index contributed by atoms with van der Waals surface area (Å²) in [7, 11) is 1.77. The van der Waals surface area contributed by atoms with Crippen molar-refractivity contribution in [2.75, 3.05) is 7.05 Å². The molecule has 0 saturated carbocycles. The zero-order valence-electron chi connectivity index (χ0n) is 5.59. The van der Waals surface area contributed by atoms with E-state index in [1.807, 2.05) is 6.08 Å². The number of unbranched alkanes of at least 4 members (excludes halogenated alkanes) is 1. The van der Waals surface area contributed by atoms with Gasteiger partial charge in [-0.05, 0) is 12.5 Å². The van der Waals surface area contributed by atoms with Crippen molar-refractivity contribution in [3.05, 3.63) is 12.2 Å². The topological polar surface area (TPSA) is 12.4 Å². The van der Waals surface area contributed by atoms with Crippen LogP contribution in [0.1, 0.15) is 19.8 Å². The molecule has 0 spiro atoms. The van der Waals surface area contributed by atoms with E-state index in [2.05, 4.69) is 18.0 Å². The predicted molar refractivity (Wildman–Crippen MR) is 38.5 cm³/mol. The Hall–Kier alpha value is -0.590. The summed E-state index contributed by atoms with van der Waals surface area (Å²) < 4.78 is 0. The minimum atomic E-state index is 1.16. The number of rotatable bonds is 3. The van der Waals surface area contributed by atoms with Crippen LogP contribution in [0.3, 0.4) is 0 Å². The molecule has 0 amide bonds. The summed E-state index contributed by atoms with van der Waals surface area (Å²) in [5, 5.41) is 0. The molecule has 0 N–H and O–H groups in total. The molecule has 1 heteroatoms. The molecule has 0 rings (SSSR count). The van der Waals surface area contributed by atoms with Gasteiger partial charge in [-0.1, -0.05) is 19.4 Å². The molecule has 0 aromatic rings. The molecular formula is C7H13N. The molecule has 0 saturated heterocycles. The van der Waals surface area contributed by atoms with Crippen molar-refractivity contribution in [2.24, 2.45) is 4.99 Å². The lowest BCUT2D eigenvalue weighted by molar-refractivity contribution is 0.960. The largest absolute Gasteiger partial charge is 0.297 e. The van der Waals surface area contributed by atoms with E-state index >= 15 is 0 Å². The Bertz CT molecular complexity index is 82.4. The van der Waals surface area contributed by atoms with Gasteiger partial charge in [-0.2, -0.15) is 0 Å². The molecule has 0 aliphatic rings. The van der Waals surface area contributed by atoms with Crippen molar-refractivity contribution in [2.45, 2.75) is 19.8 Å². The second-order valence-electron chi connectivity index (χ2n) is 1.62. The van der Waals surface area contributed by atoms with Crippen molar-refractivity contribution in [1.29, 1.82) is 0 Å². The SMILES string of the molecule is CCCC=CC=NC. The molecule has 0 fully saturated rings. The summed E-state index contributed by atoms with van der Waals surface area (Å²) in [5.41, 5.74) is 0. The van der Waals surface area contributed by atoms with Crippen LogP contribution in [0.2, 0.25) is 0 Å². The lowest BCUT2D eigenvalue weighted by Gasteiger charge is -1.78. The standard InChI is InChI=1S/C7H13N/c1-3-4-5-6-7-8-2/h5-7H,3-4H2,1-2H3. The second kappa shape index (κ2) is 6.41. The Morgan fingerprint density at radius 1 is 1.50 bits per heavy atom. The Kier molecular flexibility index (Phi) is 5.94. The van der Waals surface area contributed by atoms with Crippen LogP contribution in [0.4, 0.5) is 0 Å². The van der Waals surface area contributed by atoms with E-state index in [0.29, 0.717) is 0 Å². The van der Waals surface area contributed by atoms with Crippen LogP contribution >= 0.6 is 0 Å². The number of aliphatic imine (C=N–C) groups is 1. The Morgan fingerprint density at radius 2 is 2.25 bits per heavy atom. The molecule has 46 valence electrons. The Balaban J connectivity index is 3.07. The van der Waals surface area contributed by atoms with Crippen LogP contribution in [0.25, 0.3) is 0 Å². The molecule has 0 bridgehead atoms. The van der Waals surface area contributed by atoms with Crippen molar-refractivity contribution in [3.8, 4) is 0 Å². The average Bonchev–Trinajstić information content (AvgIpc) is 1.81. The van der Waals surface area contributed by atoms with Gasteiger partial charge in [0.05, 0.1) is 0 Å². The molecule has 8 heavy (non-hydrogen) atoms. The lowest BCUT2D eigenvalue weighted by Crippen LogP contribution is -1.63. The van der Waals surface area contributed by atoms with Gasteiger partial charge in [0.2, 0.25) is 0 Å². The van der Waals surface area contributed by atoms with Crippen LogP contribution < -0.4 is 0 Å². The van der Waals surface area contributed by atoms with Crippen molar-refractivity contribution in [1.82, 2.24) is 0 Å². The van der Waals surface area contributed by atoms with Gasteiger partial charge < -0.3 is 0 Å². The smallest absolute Gasteiger partial charge is 0.0277 e. The number of hydrogen-bond donors (Lipinski definition) is 0. The highest BCUT2D eigenvalue weighted by molar-refractivity contribution is 5.70. The molecule has 0 unspecified atom stereocenters. The minimum Gasteiger partial charge on any atom is -0.297 e. The van der Waals surface area contributed by atoms with Crippen LogP contribution in [-0.2, 0) is 0 Å². The van der Waals surface area contributed by atoms with Gasteiger partial charge in [0.15, 0.2) is 0 Å². The van der Waals surface area contributed by atoms with Gasteiger partial charge in [0.25, 0.3) is 0 Å². The van der Waals surface area contributed by atoms with Gasteiger partial charge in [-0.25, -0.2) is 0 Å². The van der Waals surface area contributed by atoms with E-state index < -0.39 is 0 Å². The van der Waals surface area contributed by atoms with E-state index in [0.717, 1.165) is 6.42 Å². The zero-order valence-corrected chi connectivity index (χ0v) is 5.59. The average molecular weight is 111 g/mol. The van der Waals surface area contributed by atoms with E-state index in [1.165, 1.54) is 6.42 Å². The fourth-order valence-electron chi connectivity index (χ4n) is 0.410. The highest BCUT2D eigenvalue weighted by atomic mass is 14.6. The Labute approximate surface area is 51.1 Å². The summed E-state index contributed by atoms with van der Waals surface area (Å²) in [5.74, 6) is 0. The van der Waals surface area contributed by atoms with Gasteiger partial charge in [0, 0.05) is 13.3 Å². The summed E-state index contributed by atoms with van der Waals surface area (Å²) in [4.78, 5) is 3.80. The van der Waals surface area contributed by atoms with Crippen molar-refractivity contribution >= 4 is 6.21 Å². The molecule has 0 aliphatic carbocycles. The highest BCUT2D eigenvalue weighted by Gasteiger charge is 1.67. The summed E-state index contributed by atoms with van der Waals surface area (Å²) in [6, 6.07) is 0. The molecular weight excluding hydrogens is 98.1 g/mol. The normalized spacial score (nSPS) is 11.8. The first-order valence-electron chi connectivity index (χ1n) is 2.99. The minimum absolute atomic E-state index is 1.16. The number of nitrogens with zero attached hydrogens (tertiary/aromatic N) is 1. The van der Waals surface area contributed by atoms with Crippen molar-refractivity contribution < 1.29 is 0 Å². The van der Waals surface area contributed by atoms with E-state index in [4.69, 9.17) is 0 Å². The van der Waals surface area contributed by atoms with E-state index in [-0.39, 0.29) is 0 Å².